The fourth-order valence-corrected chi connectivity index (χ4v) is 4.70. The van der Waals surface area contributed by atoms with Gasteiger partial charge in [0.25, 0.3) is 0 Å². The van der Waals surface area contributed by atoms with E-state index >= 15 is 0 Å². The fraction of sp³-hybridized carbons (Fsp3) is 0.545. The third-order valence-electron chi connectivity index (χ3n) is 6.21. The molecule has 0 spiro atoms. The zero-order valence-corrected chi connectivity index (χ0v) is 16.5. The maximum absolute atomic E-state index is 6.42. The summed E-state index contributed by atoms with van der Waals surface area (Å²) in [4.78, 5) is 2.74. The molecule has 0 amide bonds. The topological polar surface area (TPSA) is 18.5 Å². The molecule has 1 N–H and O–H groups in total. The number of benzene rings is 1. The Bertz CT molecular complexity index is 681. The van der Waals surface area contributed by atoms with Crippen LogP contribution in [-0.4, -0.2) is 42.1 Å². The molecule has 0 aromatic heterocycles. The number of likely N-dealkylation sites (tertiary alicyclic amines) is 1. The standard InChI is InChI=1S/C22H30ClN3/c1-17-9-13-25(14-10-17)18-11-15-26(16-12-18)24-22-8-7-21(23)19-5-3-2-4-6-20(19)22/h2-5,7-8,17-18,24H,6,9-16H2,1H3. The van der Waals surface area contributed by atoms with Crippen molar-refractivity contribution in [2.24, 2.45) is 5.92 Å². The highest BCUT2D eigenvalue weighted by Crippen LogP contribution is 2.31. The van der Waals surface area contributed by atoms with Gasteiger partial charge < -0.3 is 10.3 Å². The number of piperidine rings is 2. The van der Waals surface area contributed by atoms with E-state index in [1.165, 1.54) is 50.0 Å². The summed E-state index contributed by atoms with van der Waals surface area (Å²) in [6.45, 7) is 7.20. The molecule has 1 aliphatic carbocycles. The number of nitrogens with one attached hydrogen (secondary N) is 1. The van der Waals surface area contributed by atoms with Gasteiger partial charge in [0.05, 0.1) is 5.69 Å². The molecular weight excluding hydrogens is 342 g/mol. The first-order valence-corrected chi connectivity index (χ1v) is 10.5. The minimum absolute atomic E-state index is 0.772. The Morgan fingerprint density at radius 1 is 1.00 bits per heavy atom. The summed E-state index contributed by atoms with van der Waals surface area (Å²) in [7, 11) is 0. The zero-order valence-electron chi connectivity index (χ0n) is 15.8. The van der Waals surface area contributed by atoms with Crippen molar-refractivity contribution in [3.63, 3.8) is 0 Å². The van der Waals surface area contributed by atoms with E-state index in [2.05, 4.69) is 52.6 Å². The quantitative estimate of drug-likeness (QED) is 0.807. The van der Waals surface area contributed by atoms with Crippen LogP contribution in [0.2, 0.25) is 5.02 Å². The van der Waals surface area contributed by atoms with E-state index in [-0.39, 0.29) is 0 Å². The number of halogens is 1. The summed E-state index contributed by atoms with van der Waals surface area (Å²) in [6.07, 6.45) is 14.7. The third kappa shape index (κ3) is 4.00. The van der Waals surface area contributed by atoms with Crippen molar-refractivity contribution in [3.05, 3.63) is 46.5 Å². The summed E-state index contributed by atoms with van der Waals surface area (Å²) >= 11 is 6.42. The van der Waals surface area contributed by atoms with Crippen molar-refractivity contribution < 1.29 is 0 Å². The molecule has 3 nitrogen and oxygen atoms in total. The Morgan fingerprint density at radius 2 is 1.77 bits per heavy atom. The summed E-state index contributed by atoms with van der Waals surface area (Å²) in [6, 6.07) is 4.92. The number of nitrogens with zero attached hydrogens (tertiary/aromatic N) is 2. The molecular formula is C22H30ClN3. The SMILES string of the molecule is CC1CCN(C2CCN(Nc3ccc(Cl)c4c3CC=CC=C4)CC2)CC1. The molecule has 1 aromatic rings. The Balaban J connectivity index is 1.38. The van der Waals surface area contributed by atoms with Gasteiger partial charge in [-0.2, -0.15) is 0 Å². The molecule has 0 bridgehead atoms. The molecule has 3 aliphatic rings. The molecule has 0 atom stereocenters. The van der Waals surface area contributed by atoms with Crippen molar-refractivity contribution >= 4 is 23.4 Å². The lowest BCUT2D eigenvalue weighted by molar-refractivity contribution is 0.0882. The van der Waals surface area contributed by atoms with E-state index in [0.717, 1.165) is 42.1 Å². The van der Waals surface area contributed by atoms with Gasteiger partial charge in [-0.3, -0.25) is 0 Å². The first-order chi connectivity index (χ1) is 12.7. The lowest BCUT2D eigenvalue weighted by Crippen LogP contribution is -2.48. The Kier molecular flexibility index (Phi) is 5.68. The van der Waals surface area contributed by atoms with E-state index in [1.54, 1.807) is 0 Å². The molecule has 2 fully saturated rings. The third-order valence-corrected chi connectivity index (χ3v) is 6.54. The lowest BCUT2D eigenvalue weighted by atomic mass is 9.95. The van der Waals surface area contributed by atoms with Gasteiger partial charge in [-0.25, -0.2) is 5.01 Å². The predicted molar refractivity (Wildman–Crippen MR) is 112 cm³/mol. The Morgan fingerprint density at radius 3 is 2.54 bits per heavy atom. The number of anilines is 1. The maximum atomic E-state index is 6.42. The molecule has 26 heavy (non-hydrogen) atoms. The van der Waals surface area contributed by atoms with E-state index < -0.39 is 0 Å². The van der Waals surface area contributed by atoms with Crippen molar-refractivity contribution in [2.45, 2.75) is 45.1 Å². The number of fused-ring (bicyclic) bond motifs is 1. The first kappa shape index (κ1) is 18.1. The van der Waals surface area contributed by atoms with E-state index in [4.69, 9.17) is 11.6 Å². The van der Waals surface area contributed by atoms with Crippen LogP contribution in [0.5, 0.6) is 0 Å². The van der Waals surface area contributed by atoms with Gasteiger partial charge in [0.1, 0.15) is 0 Å². The Hall–Kier alpha value is -1.29. The summed E-state index contributed by atoms with van der Waals surface area (Å²) in [5.74, 6) is 0.913. The molecule has 0 saturated carbocycles. The van der Waals surface area contributed by atoms with Crippen LogP contribution in [0.4, 0.5) is 5.69 Å². The van der Waals surface area contributed by atoms with E-state index in [0.29, 0.717) is 0 Å². The van der Waals surface area contributed by atoms with Crippen LogP contribution in [0.25, 0.3) is 6.08 Å². The average Bonchev–Trinajstić information content (AvgIpc) is 2.92. The molecule has 0 radical (unpaired) electrons. The average molecular weight is 372 g/mol. The minimum Gasteiger partial charge on any atom is -0.319 e. The molecule has 0 unspecified atom stereocenters. The smallest absolute Gasteiger partial charge is 0.0532 e. The fourth-order valence-electron chi connectivity index (χ4n) is 4.46. The normalized spacial score (nSPS) is 23.0. The lowest BCUT2D eigenvalue weighted by Gasteiger charge is -2.41. The number of hydrogen-bond donors (Lipinski definition) is 1. The first-order valence-electron chi connectivity index (χ1n) is 10.1. The van der Waals surface area contributed by atoms with Gasteiger partial charge in [-0.05, 0) is 74.4 Å². The van der Waals surface area contributed by atoms with Crippen LogP contribution in [0.15, 0.2) is 30.4 Å². The number of allylic oxidation sites excluding steroid dienone is 3. The van der Waals surface area contributed by atoms with Gasteiger partial charge in [0.2, 0.25) is 0 Å². The zero-order chi connectivity index (χ0) is 17.9. The van der Waals surface area contributed by atoms with Gasteiger partial charge in [0, 0.05) is 24.2 Å². The van der Waals surface area contributed by atoms with E-state index in [1.807, 2.05) is 6.07 Å². The molecule has 4 rings (SSSR count). The minimum atomic E-state index is 0.772. The summed E-state index contributed by atoms with van der Waals surface area (Å²) in [5, 5.41) is 3.23. The van der Waals surface area contributed by atoms with Crippen LogP contribution in [0.3, 0.4) is 0 Å². The van der Waals surface area contributed by atoms with Crippen LogP contribution in [-0.2, 0) is 6.42 Å². The molecule has 140 valence electrons. The number of hydrazine groups is 1. The second kappa shape index (κ2) is 8.16. The van der Waals surface area contributed by atoms with Crippen molar-refractivity contribution in [3.8, 4) is 0 Å². The molecule has 1 aromatic carbocycles. The van der Waals surface area contributed by atoms with Gasteiger partial charge >= 0.3 is 0 Å². The summed E-state index contributed by atoms with van der Waals surface area (Å²) < 4.78 is 0. The molecule has 4 heteroatoms. The van der Waals surface area contributed by atoms with Gasteiger partial charge in [0.15, 0.2) is 0 Å². The summed E-state index contributed by atoms with van der Waals surface area (Å²) in [5.41, 5.74) is 7.34. The number of rotatable bonds is 3. The highest BCUT2D eigenvalue weighted by molar-refractivity contribution is 6.32. The maximum Gasteiger partial charge on any atom is 0.0532 e. The van der Waals surface area contributed by atoms with Crippen LogP contribution in [0.1, 0.15) is 43.7 Å². The van der Waals surface area contributed by atoms with Gasteiger partial charge in [-0.15, -0.1) is 0 Å². The van der Waals surface area contributed by atoms with Crippen molar-refractivity contribution in [2.75, 3.05) is 31.6 Å². The Labute approximate surface area is 162 Å². The van der Waals surface area contributed by atoms with E-state index in [9.17, 15) is 0 Å². The van der Waals surface area contributed by atoms with Crippen molar-refractivity contribution in [1.29, 1.82) is 0 Å². The highest BCUT2D eigenvalue weighted by atomic mass is 35.5. The largest absolute Gasteiger partial charge is 0.319 e. The monoisotopic (exact) mass is 371 g/mol. The van der Waals surface area contributed by atoms with Crippen LogP contribution < -0.4 is 5.43 Å². The molecule has 2 heterocycles. The second-order valence-corrected chi connectivity index (χ2v) is 8.43. The van der Waals surface area contributed by atoms with Crippen LogP contribution >= 0.6 is 11.6 Å². The molecule has 2 saturated heterocycles. The van der Waals surface area contributed by atoms with Crippen LogP contribution in [0, 0.1) is 5.92 Å². The predicted octanol–water partition coefficient (Wildman–Crippen LogP) is 4.99. The molecule has 2 aliphatic heterocycles. The van der Waals surface area contributed by atoms with Gasteiger partial charge in [-0.1, -0.05) is 42.8 Å². The van der Waals surface area contributed by atoms with Crippen molar-refractivity contribution in [1.82, 2.24) is 9.91 Å². The number of hydrogen-bond acceptors (Lipinski definition) is 3. The highest BCUT2D eigenvalue weighted by Gasteiger charge is 2.27. The second-order valence-electron chi connectivity index (χ2n) is 8.03.